The number of rotatable bonds is 2. The lowest BCUT2D eigenvalue weighted by Gasteiger charge is -2.05. The second-order valence-electron chi connectivity index (χ2n) is 2.67. The van der Waals surface area contributed by atoms with Crippen molar-refractivity contribution in [3.63, 3.8) is 0 Å². The van der Waals surface area contributed by atoms with Gasteiger partial charge in [0.25, 0.3) is 0 Å². The quantitative estimate of drug-likeness (QED) is 0.459. The van der Waals surface area contributed by atoms with Gasteiger partial charge in [0, 0.05) is 4.90 Å². The Kier molecular flexibility index (Phi) is 3.55. The molecule has 0 radical (unpaired) electrons. The Morgan fingerprint density at radius 1 is 1.57 bits per heavy atom. The highest BCUT2D eigenvalue weighted by molar-refractivity contribution is 8.14. The second-order valence-corrected chi connectivity index (χ2v) is 3.73. The molecule has 0 spiro atoms. The van der Waals surface area contributed by atoms with E-state index in [0.29, 0.717) is 0 Å². The molecular formula is C10H10N2OS. The maximum atomic E-state index is 8.49. The third-order valence-corrected chi connectivity index (χ3v) is 2.66. The van der Waals surface area contributed by atoms with Gasteiger partial charge >= 0.3 is 0 Å². The fourth-order valence-electron chi connectivity index (χ4n) is 0.950. The Morgan fingerprint density at radius 3 is 2.86 bits per heavy atom. The van der Waals surface area contributed by atoms with Crippen LogP contribution in [-0.4, -0.2) is 12.2 Å². The van der Waals surface area contributed by atoms with Gasteiger partial charge in [0.05, 0.1) is 7.11 Å². The van der Waals surface area contributed by atoms with Crippen molar-refractivity contribution in [3.05, 3.63) is 23.8 Å². The fourth-order valence-corrected chi connectivity index (χ4v) is 1.62. The van der Waals surface area contributed by atoms with Crippen LogP contribution in [0.5, 0.6) is 5.75 Å². The van der Waals surface area contributed by atoms with Crippen molar-refractivity contribution >= 4 is 16.8 Å². The first-order chi connectivity index (χ1) is 6.67. The molecule has 1 aromatic carbocycles. The van der Waals surface area contributed by atoms with Crippen molar-refractivity contribution in [2.45, 2.75) is 11.8 Å². The molecule has 14 heavy (non-hydrogen) atoms. The van der Waals surface area contributed by atoms with Crippen LogP contribution in [0.4, 0.5) is 0 Å². The molecular weight excluding hydrogens is 196 g/mol. The molecule has 0 bridgehead atoms. The SMILES string of the molecule is COc1ccc(C)c(SC(=N)C#N)c1. The monoisotopic (exact) mass is 206 g/mol. The molecule has 0 aliphatic carbocycles. The number of aryl methyl sites for hydroxylation is 1. The van der Waals surface area contributed by atoms with Gasteiger partial charge in [0.1, 0.15) is 11.8 Å². The van der Waals surface area contributed by atoms with E-state index in [-0.39, 0.29) is 5.04 Å². The molecule has 0 saturated heterocycles. The minimum Gasteiger partial charge on any atom is -0.497 e. The topological polar surface area (TPSA) is 56.9 Å². The van der Waals surface area contributed by atoms with E-state index in [9.17, 15) is 0 Å². The normalized spacial score (nSPS) is 9.21. The molecule has 0 aliphatic heterocycles. The van der Waals surface area contributed by atoms with Crippen LogP contribution >= 0.6 is 11.8 Å². The number of ether oxygens (including phenoxy) is 1. The Bertz CT molecular complexity index is 396. The summed E-state index contributed by atoms with van der Waals surface area (Å²) < 4.78 is 5.06. The predicted molar refractivity (Wildman–Crippen MR) is 56.9 cm³/mol. The Labute approximate surface area is 87.2 Å². The maximum absolute atomic E-state index is 8.49. The molecule has 0 amide bonds. The van der Waals surface area contributed by atoms with Crippen molar-refractivity contribution < 1.29 is 4.74 Å². The molecule has 1 N–H and O–H groups in total. The molecule has 1 aromatic rings. The van der Waals surface area contributed by atoms with Gasteiger partial charge in [-0.2, -0.15) is 5.26 Å². The predicted octanol–water partition coefficient (Wildman–Crippen LogP) is 2.60. The summed E-state index contributed by atoms with van der Waals surface area (Å²) in [6.45, 7) is 1.94. The summed E-state index contributed by atoms with van der Waals surface area (Å²) in [5.41, 5.74) is 1.04. The number of nitriles is 1. The summed E-state index contributed by atoms with van der Waals surface area (Å²) in [4.78, 5) is 0.885. The Hall–Kier alpha value is -1.47. The van der Waals surface area contributed by atoms with E-state index < -0.39 is 0 Å². The van der Waals surface area contributed by atoms with Crippen LogP contribution in [0.25, 0.3) is 0 Å². The van der Waals surface area contributed by atoms with Crippen LogP contribution in [0.15, 0.2) is 23.1 Å². The van der Waals surface area contributed by atoms with Crippen LogP contribution in [0.3, 0.4) is 0 Å². The van der Waals surface area contributed by atoms with Crippen LogP contribution in [0, 0.1) is 23.7 Å². The summed E-state index contributed by atoms with van der Waals surface area (Å²) >= 11 is 1.14. The summed E-state index contributed by atoms with van der Waals surface area (Å²) in [5, 5.41) is 15.7. The number of thioether (sulfide) groups is 1. The fraction of sp³-hybridized carbons (Fsp3) is 0.200. The molecule has 0 unspecified atom stereocenters. The van der Waals surface area contributed by atoms with E-state index in [1.807, 2.05) is 25.1 Å². The molecule has 72 valence electrons. The number of nitrogens with zero attached hydrogens (tertiary/aromatic N) is 1. The third kappa shape index (κ3) is 2.51. The van der Waals surface area contributed by atoms with Crippen molar-refractivity contribution in [1.29, 1.82) is 10.7 Å². The van der Waals surface area contributed by atoms with E-state index in [1.165, 1.54) is 0 Å². The van der Waals surface area contributed by atoms with E-state index in [2.05, 4.69) is 0 Å². The summed E-state index contributed by atoms with van der Waals surface area (Å²) in [6, 6.07) is 7.37. The average Bonchev–Trinajstić information content (AvgIpc) is 2.21. The van der Waals surface area contributed by atoms with Gasteiger partial charge in [-0.3, -0.25) is 5.41 Å². The first-order valence-electron chi connectivity index (χ1n) is 3.98. The van der Waals surface area contributed by atoms with Crippen LogP contribution in [0.2, 0.25) is 0 Å². The van der Waals surface area contributed by atoms with Gasteiger partial charge < -0.3 is 4.74 Å². The number of methoxy groups -OCH3 is 1. The number of nitrogens with one attached hydrogen (secondary N) is 1. The van der Waals surface area contributed by atoms with E-state index in [4.69, 9.17) is 15.4 Å². The molecule has 3 nitrogen and oxygen atoms in total. The summed E-state index contributed by atoms with van der Waals surface area (Å²) in [7, 11) is 1.59. The zero-order chi connectivity index (χ0) is 10.6. The van der Waals surface area contributed by atoms with Crippen molar-refractivity contribution in [2.24, 2.45) is 0 Å². The highest BCUT2D eigenvalue weighted by Gasteiger charge is 2.04. The van der Waals surface area contributed by atoms with Gasteiger partial charge in [0.2, 0.25) is 0 Å². The minimum absolute atomic E-state index is 0.0126. The summed E-state index contributed by atoms with van der Waals surface area (Å²) in [6.07, 6.45) is 0. The highest BCUT2D eigenvalue weighted by atomic mass is 32.2. The first-order valence-corrected chi connectivity index (χ1v) is 4.80. The molecule has 0 saturated carbocycles. The van der Waals surface area contributed by atoms with Crippen molar-refractivity contribution in [2.75, 3.05) is 7.11 Å². The molecule has 0 heterocycles. The Morgan fingerprint density at radius 2 is 2.29 bits per heavy atom. The van der Waals surface area contributed by atoms with Gasteiger partial charge in [-0.15, -0.1) is 0 Å². The van der Waals surface area contributed by atoms with E-state index in [1.54, 1.807) is 13.2 Å². The number of hydrogen-bond donors (Lipinski definition) is 1. The van der Waals surface area contributed by atoms with Crippen LogP contribution < -0.4 is 4.74 Å². The minimum atomic E-state index is -0.0126. The second kappa shape index (κ2) is 4.68. The largest absolute Gasteiger partial charge is 0.497 e. The lowest BCUT2D eigenvalue weighted by Crippen LogP contribution is -1.89. The molecule has 0 atom stereocenters. The maximum Gasteiger partial charge on any atom is 0.171 e. The standard InChI is InChI=1S/C10H10N2OS/c1-7-3-4-8(13-2)5-9(7)14-10(12)6-11/h3-5,12H,1-2H3. The molecule has 4 heteroatoms. The van der Waals surface area contributed by atoms with Crippen molar-refractivity contribution in [1.82, 2.24) is 0 Å². The van der Waals surface area contributed by atoms with Crippen LogP contribution in [-0.2, 0) is 0 Å². The molecule has 0 aliphatic rings. The van der Waals surface area contributed by atoms with Crippen molar-refractivity contribution in [3.8, 4) is 11.8 Å². The van der Waals surface area contributed by atoms with Gasteiger partial charge in [0.15, 0.2) is 5.04 Å². The highest BCUT2D eigenvalue weighted by Crippen LogP contribution is 2.27. The van der Waals surface area contributed by atoms with Gasteiger partial charge in [-0.05, 0) is 24.6 Å². The molecule has 0 aromatic heterocycles. The average molecular weight is 206 g/mol. The lowest BCUT2D eigenvalue weighted by molar-refractivity contribution is 0.413. The van der Waals surface area contributed by atoms with Crippen LogP contribution in [0.1, 0.15) is 5.56 Å². The van der Waals surface area contributed by atoms with E-state index in [0.717, 1.165) is 28.0 Å². The molecule has 1 rings (SSSR count). The number of hydrogen-bond acceptors (Lipinski definition) is 4. The van der Waals surface area contributed by atoms with Gasteiger partial charge in [-0.1, -0.05) is 17.8 Å². The number of benzene rings is 1. The smallest absolute Gasteiger partial charge is 0.171 e. The molecule has 0 fully saturated rings. The first kappa shape index (κ1) is 10.6. The zero-order valence-corrected chi connectivity index (χ0v) is 8.81. The van der Waals surface area contributed by atoms with E-state index >= 15 is 0 Å². The van der Waals surface area contributed by atoms with Gasteiger partial charge in [-0.25, -0.2) is 0 Å². The third-order valence-electron chi connectivity index (χ3n) is 1.71. The lowest BCUT2D eigenvalue weighted by atomic mass is 10.2. The Balaban J connectivity index is 2.96. The summed E-state index contributed by atoms with van der Waals surface area (Å²) in [5.74, 6) is 0.740. The zero-order valence-electron chi connectivity index (χ0n) is 8.00.